The van der Waals surface area contributed by atoms with E-state index >= 15 is 0 Å². The van der Waals surface area contributed by atoms with Crippen molar-refractivity contribution < 1.29 is 28.6 Å². The maximum Gasteiger partial charge on any atom is 0.306 e. The molecular formula is C67H124O6. The van der Waals surface area contributed by atoms with Gasteiger partial charge in [0.2, 0.25) is 0 Å². The summed E-state index contributed by atoms with van der Waals surface area (Å²) in [7, 11) is 0. The minimum Gasteiger partial charge on any atom is -0.462 e. The highest BCUT2D eigenvalue weighted by Gasteiger charge is 2.19. The van der Waals surface area contributed by atoms with Gasteiger partial charge < -0.3 is 14.2 Å². The Morgan fingerprint density at radius 3 is 0.699 bits per heavy atom. The van der Waals surface area contributed by atoms with Crippen molar-refractivity contribution in [3.63, 3.8) is 0 Å². The van der Waals surface area contributed by atoms with E-state index in [1.165, 1.54) is 250 Å². The van der Waals surface area contributed by atoms with Crippen molar-refractivity contribution in [3.8, 4) is 0 Å². The molecule has 0 bridgehead atoms. The van der Waals surface area contributed by atoms with E-state index < -0.39 is 6.10 Å². The van der Waals surface area contributed by atoms with Gasteiger partial charge in [-0.15, -0.1) is 0 Å². The fourth-order valence-corrected chi connectivity index (χ4v) is 9.67. The quantitative estimate of drug-likeness (QED) is 0.0261. The molecule has 0 fully saturated rings. The number of hydrogen-bond donors (Lipinski definition) is 0. The van der Waals surface area contributed by atoms with Crippen LogP contribution in [0.2, 0.25) is 0 Å². The van der Waals surface area contributed by atoms with Crippen molar-refractivity contribution in [2.75, 3.05) is 13.2 Å². The molecule has 73 heavy (non-hydrogen) atoms. The van der Waals surface area contributed by atoms with Crippen LogP contribution in [-0.4, -0.2) is 37.2 Å². The molecule has 0 rings (SSSR count). The normalized spacial score (nSPS) is 12.2. The van der Waals surface area contributed by atoms with Crippen LogP contribution in [-0.2, 0) is 28.6 Å². The van der Waals surface area contributed by atoms with Crippen LogP contribution in [0.5, 0.6) is 0 Å². The number of esters is 3. The topological polar surface area (TPSA) is 78.9 Å². The van der Waals surface area contributed by atoms with Gasteiger partial charge in [-0.3, -0.25) is 14.4 Å². The summed E-state index contributed by atoms with van der Waals surface area (Å²) in [4.78, 5) is 38.3. The van der Waals surface area contributed by atoms with Crippen LogP contribution < -0.4 is 0 Å². The molecule has 1 atom stereocenters. The van der Waals surface area contributed by atoms with Crippen molar-refractivity contribution >= 4 is 17.9 Å². The molecule has 0 aliphatic rings. The van der Waals surface area contributed by atoms with Crippen LogP contribution in [0.15, 0.2) is 36.5 Å². The third-order valence-corrected chi connectivity index (χ3v) is 14.6. The summed E-state index contributed by atoms with van der Waals surface area (Å²) in [5.74, 6) is -0.865. The first-order valence-electron chi connectivity index (χ1n) is 32.5. The Kier molecular flexibility index (Phi) is 60.2. The number of carbonyl (C=O) groups is 3. The lowest BCUT2D eigenvalue weighted by Gasteiger charge is -2.18. The van der Waals surface area contributed by atoms with Crippen LogP contribution in [0.3, 0.4) is 0 Å². The molecule has 6 heteroatoms. The highest BCUT2D eigenvalue weighted by atomic mass is 16.6. The molecule has 428 valence electrons. The highest BCUT2D eigenvalue weighted by Crippen LogP contribution is 2.17. The van der Waals surface area contributed by atoms with E-state index in [1.54, 1.807) is 0 Å². The zero-order valence-corrected chi connectivity index (χ0v) is 49.2. The molecule has 0 aromatic heterocycles. The molecule has 0 spiro atoms. The number of allylic oxidation sites excluding steroid dienone is 6. The zero-order chi connectivity index (χ0) is 52.9. The lowest BCUT2D eigenvalue weighted by Crippen LogP contribution is -2.30. The summed E-state index contributed by atoms with van der Waals surface area (Å²) in [6, 6.07) is 0. The fourth-order valence-electron chi connectivity index (χ4n) is 9.67. The Labute approximate surface area is 455 Å². The second-order valence-corrected chi connectivity index (χ2v) is 22.0. The van der Waals surface area contributed by atoms with E-state index in [2.05, 4.69) is 57.2 Å². The van der Waals surface area contributed by atoms with Crippen molar-refractivity contribution in [2.45, 2.75) is 361 Å². The van der Waals surface area contributed by atoms with Crippen molar-refractivity contribution in [1.29, 1.82) is 0 Å². The molecule has 1 unspecified atom stereocenters. The van der Waals surface area contributed by atoms with E-state index in [1.807, 2.05) is 0 Å². The molecule has 0 amide bonds. The molecule has 0 heterocycles. The number of ether oxygens (including phenoxy) is 3. The summed E-state index contributed by atoms with van der Waals surface area (Å²) in [5, 5.41) is 0. The van der Waals surface area contributed by atoms with Gasteiger partial charge in [0.1, 0.15) is 13.2 Å². The van der Waals surface area contributed by atoms with Gasteiger partial charge in [0.15, 0.2) is 6.10 Å². The smallest absolute Gasteiger partial charge is 0.306 e. The van der Waals surface area contributed by atoms with E-state index in [0.717, 1.165) is 64.2 Å². The van der Waals surface area contributed by atoms with Gasteiger partial charge in [0.25, 0.3) is 0 Å². The highest BCUT2D eigenvalue weighted by molar-refractivity contribution is 5.71. The largest absolute Gasteiger partial charge is 0.462 e. The van der Waals surface area contributed by atoms with Crippen LogP contribution in [0.4, 0.5) is 0 Å². The average molecular weight is 1030 g/mol. The molecule has 0 saturated heterocycles. The standard InChI is InChI=1S/C67H124O6/c1-4-7-10-13-16-19-22-25-27-29-31-33-35-37-39-42-45-48-51-54-57-60-66(69)72-63-64(62-71-65(68)59-56-53-50-47-44-41-24-21-18-15-12-9-6-3)73-67(70)61-58-55-52-49-46-43-40-38-36-34-32-30-28-26-23-20-17-14-11-8-5-2/h21,24,29-32,64H,4-20,22-23,25-28,33-63H2,1-3H3/b24-21-,31-29-,32-30-. The lowest BCUT2D eigenvalue weighted by atomic mass is 10.1. The van der Waals surface area contributed by atoms with Gasteiger partial charge in [0.05, 0.1) is 0 Å². The maximum atomic E-state index is 12.9. The van der Waals surface area contributed by atoms with Gasteiger partial charge in [0, 0.05) is 19.3 Å². The van der Waals surface area contributed by atoms with E-state index in [-0.39, 0.29) is 31.1 Å². The van der Waals surface area contributed by atoms with Crippen LogP contribution in [0.1, 0.15) is 355 Å². The third kappa shape index (κ3) is 60.4. The molecule has 0 radical (unpaired) electrons. The molecule has 0 aliphatic heterocycles. The van der Waals surface area contributed by atoms with E-state index in [4.69, 9.17) is 14.2 Å². The van der Waals surface area contributed by atoms with Gasteiger partial charge in [-0.25, -0.2) is 0 Å². The summed E-state index contributed by atoms with van der Waals surface area (Å²) in [5.41, 5.74) is 0. The Bertz CT molecular complexity index is 1220. The lowest BCUT2D eigenvalue weighted by molar-refractivity contribution is -0.167. The van der Waals surface area contributed by atoms with E-state index in [0.29, 0.717) is 19.3 Å². The molecule has 0 aromatic rings. The number of rotatable bonds is 60. The number of hydrogen-bond acceptors (Lipinski definition) is 6. The molecule has 0 saturated carbocycles. The average Bonchev–Trinajstić information content (AvgIpc) is 3.39. The zero-order valence-electron chi connectivity index (χ0n) is 49.2. The predicted molar refractivity (Wildman–Crippen MR) is 316 cm³/mol. The minimum absolute atomic E-state index is 0.0737. The van der Waals surface area contributed by atoms with Crippen molar-refractivity contribution in [1.82, 2.24) is 0 Å². The van der Waals surface area contributed by atoms with Crippen molar-refractivity contribution in [2.24, 2.45) is 0 Å². The first-order chi connectivity index (χ1) is 36.0. The Balaban J connectivity index is 4.30. The molecule has 6 nitrogen and oxygen atoms in total. The van der Waals surface area contributed by atoms with Gasteiger partial charge in [-0.2, -0.15) is 0 Å². The summed E-state index contributed by atoms with van der Waals surface area (Å²) in [6.07, 6.45) is 75.8. The third-order valence-electron chi connectivity index (χ3n) is 14.6. The van der Waals surface area contributed by atoms with Gasteiger partial charge in [-0.05, 0) is 96.3 Å². The Hall–Kier alpha value is -2.37. The predicted octanol–water partition coefficient (Wildman–Crippen LogP) is 22.0. The Morgan fingerprint density at radius 2 is 0.452 bits per heavy atom. The van der Waals surface area contributed by atoms with Crippen LogP contribution in [0.25, 0.3) is 0 Å². The Morgan fingerprint density at radius 1 is 0.260 bits per heavy atom. The molecule has 0 aromatic carbocycles. The maximum absolute atomic E-state index is 12.9. The summed E-state index contributed by atoms with van der Waals surface area (Å²) >= 11 is 0. The minimum atomic E-state index is -0.777. The first-order valence-corrected chi connectivity index (χ1v) is 32.5. The monoisotopic (exact) mass is 1020 g/mol. The fraction of sp³-hybridized carbons (Fsp3) is 0.866. The van der Waals surface area contributed by atoms with Gasteiger partial charge in [-0.1, -0.05) is 276 Å². The van der Waals surface area contributed by atoms with Crippen LogP contribution >= 0.6 is 0 Å². The molecule has 0 aliphatic carbocycles. The second kappa shape index (κ2) is 62.2. The first kappa shape index (κ1) is 70.6. The van der Waals surface area contributed by atoms with E-state index in [9.17, 15) is 14.4 Å². The molecule has 0 N–H and O–H groups in total. The summed E-state index contributed by atoms with van der Waals surface area (Å²) in [6.45, 7) is 6.67. The SMILES string of the molecule is CCCCCC/C=C\CCCCCCCC(=O)OCC(COC(=O)CCCCCCCCCCC/C=C\CCCCCCCCCC)OC(=O)CCCCCCCCCCC/C=C\CCCCCCCCCC. The second-order valence-electron chi connectivity index (χ2n) is 22.0. The molecular weight excluding hydrogens is 901 g/mol. The van der Waals surface area contributed by atoms with Crippen molar-refractivity contribution in [3.05, 3.63) is 36.5 Å². The van der Waals surface area contributed by atoms with Gasteiger partial charge >= 0.3 is 17.9 Å². The number of carbonyl (C=O) groups excluding carboxylic acids is 3. The summed E-state index contributed by atoms with van der Waals surface area (Å²) < 4.78 is 16.9. The number of unbranched alkanes of at least 4 members (excludes halogenated alkanes) is 43. The van der Waals surface area contributed by atoms with Crippen LogP contribution in [0, 0.1) is 0 Å².